The smallest absolute Gasteiger partial charge is 0.123 e. The molecular weight excluding hydrogens is 269 g/mol. The first-order chi connectivity index (χ1) is 10.1. The van der Waals surface area contributed by atoms with Crippen molar-refractivity contribution in [3.63, 3.8) is 0 Å². The highest BCUT2D eigenvalue weighted by Gasteiger charge is 2.12. The second-order valence-electron chi connectivity index (χ2n) is 5.51. The summed E-state index contributed by atoms with van der Waals surface area (Å²) in [5, 5.41) is 16.8. The molecule has 2 aromatic rings. The fraction of sp³-hybridized carbons (Fsp3) is 0.438. The normalized spacial score (nSPS) is 12.8. The van der Waals surface area contributed by atoms with Crippen LogP contribution in [0.25, 0.3) is 5.69 Å². The van der Waals surface area contributed by atoms with E-state index in [2.05, 4.69) is 24.3 Å². The fourth-order valence-corrected chi connectivity index (χ4v) is 2.25. The number of hydrogen-bond acceptors (Lipinski definition) is 3. The van der Waals surface area contributed by atoms with Crippen LogP contribution in [0.4, 0.5) is 4.39 Å². The summed E-state index contributed by atoms with van der Waals surface area (Å²) >= 11 is 0. The number of hydrogen-bond donors (Lipinski definition) is 2. The number of aliphatic hydroxyl groups is 1. The monoisotopic (exact) mass is 291 g/mol. The molecule has 114 valence electrons. The van der Waals surface area contributed by atoms with E-state index in [0.717, 1.165) is 17.7 Å². The Morgan fingerprint density at radius 1 is 1.29 bits per heavy atom. The van der Waals surface area contributed by atoms with Crippen LogP contribution in [0.5, 0.6) is 0 Å². The lowest BCUT2D eigenvalue weighted by molar-refractivity contribution is 0.244. The van der Waals surface area contributed by atoms with Crippen molar-refractivity contribution in [3.8, 4) is 5.69 Å². The maximum Gasteiger partial charge on any atom is 0.123 e. The average Bonchev–Trinajstić information content (AvgIpc) is 2.92. The van der Waals surface area contributed by atoms with Gasteiger partial charge in [-0.1, -0.05) is 13.8 Å². The van der Waals surface area contributed by atoms with Gasteiger partial charge in [0.1, 0.15) is 5.82 Å². The highest BCUT2D eigenvalue weighted by Crippen LogP contribution is 2.11. The van der Waals surface area contributed by atoms with Crippen LogP contribution >= 0.6 is 0 Å². The van der Waals surface area contributed by atoms with Crippen LogP contribution in [0.1, 0.15) is 25.8 Å². The maximum absolute atomic E-state index is 12.9. The van der Waals surface area contributed by atoms with E-state index < -0.39 is 0 Å². The Morgan fingerprint density at radius 3 is 2.62 bits per heavy atom. The summed E-state index contributed by atoms with van der Waals surface area (Å²) in [4.78, 5) is 0. The Labute approximate surface area is 124 Å². The van der Waals surface area contributed by atoms with Gasteiger partial charge >= 0.3 is 0 Å². The fourth-order valence-electron chi connectivity index (χ4n) is 2.25. The van der Waals surface area contributed by atoms with E-state index in [1.54, 1.807) is 23.0 Å². The van der Waals surface area contributed by atoms with Gasteiger partial charge in [-0.15, -0.1) is 0 Å². The van der Waals surface area contributed by atoms with Crippen molar-refractivity contribution in [2.45, 2.75) is 32.9 Å². The Bertz CT molecular complexity index is 551. The third kappa shape index (κ3) is 4.37. The van der Waals surface area contributed by atoms with E-state index in [1.807, 2.05) is 6.20 Å². The molecule has 0 aliphatic rings. The van der Waals surface area contributed by atoms with E-state index in [4.69, 9.17) is 5.11 Å². The zero-order valence-electron chi connectivity index (χ0n) is 12.5. The molecule has 0 aliphatic heterocycles. The van der Waals surface area contributed by atoms with Crippen LogP contribution in [-0.2, 0) is 6.54 Å². The first-order valence-corrected chi connectivity index (χ1v) is 7.24. The highest BCUT2D eigenvalue weighted by atomic mass is 19.1. The number of rotatable bonds is 7. The van der Waals surface area contributed by atoms with Gasteiger partial charge in [-0.3, -0.25) is 0 Å². The van der Waals surface area contributed by atoms with Crippen LogP contribution in [0, 0.1) is 11.7 Å². The van der Waals surface area contributed by atoms with Crippen molar-refractivity contribution in [1.29, 1.82) is 0 Å². The molecule has 21 heavy (non-hydrogen) atoms. The van der Waals surface area contributed by atoms with E-state index >= 15 is 0 Å². The summed E-state index contributed by atoms with van der Waals surface area (Å²) < 4.78 is 14.6. The average molecular weight is 291 g/mol. The molecule has 0 spiro atoms. The van der Waals surface area contributed by atoms with Crippen LogP contribution in [-0.4, -0.2) is 27.5 Å². The summed E-state index contributed by atoms with van der Waals surface area (Å²) in [5.74, 6) is 0.209. The van der Waals surface area contributed by atoms with Crippen LogP contribution < -0.4 is 5.32 Å². The van der Waals surface area contributed by atoms with E-state index in [9.17, 15) is 4.39 Å². The number of aliphatic hydroxyl groups excluding tert-OH is 1. The highest BCUT2D eigenvalue weighted by molar-refractivity contribution is 5.31. The van der Waals surface area contributed by atoms with Crippen molar-refractivity contribution < 1.29 is 9.50 Å². The molecule has 1 aromatic carbocycles. The standard InChI is InChI=1S/C16H22FN3O/c1-12(2)16(7-8-21)18-9-13-10-19-20(11-13)15-5-3-14(17)4-6-15/h3-6,10-12,16,18,21H,7-9H2,1-2H3. The predicted molar refractivity (Wildman–Crippen MR) is 80.7 cm³/mol. The molecule has 0 radical (unpaired) electrons. The molecule has 0 saturated heterocycles. The molecule has 1 atom stereocenters. The molecule has 4 nitrogen and oxygen atoms in total. The number of benzene rings is 1. The van der Waals surface area contributed by atoms with Gasteiger partial charge in [-0.05, 0) is 36.6 Å². The third-order valence-electron chi connectivity index (χ3n) is 3.54. The second-order valence-corrected chi connectivity index (χ2v) is 5.51. The van der Waals surface area contributed by atoms with E-state index in [-0.39, 0.29) is 18.5 Å². The van der Waals surface area contributed by atoms with Crippen molar-refractivity contribution in [2.75, 3.05) is 6.61 Å². The lowest BCUT2D eigenvalue weighted by atomic mass is 10.0. The number of nitrogens with one attached hydrogen (secondary N) is 1. The van der Waals surface area contributed by atoms with E-state index in [0.29, 0.717) is 12.5 Å². The third-order valence-corrected chi connectivity index (χ3v) is 3.54. The zero-order valence-corrected chi connectivity index (χ0v) is 12.5. The molecule has 5 heteroatoms. The van der Waals surface area contributed by atoms with Crippen LogP contribution in [0.3, 0.4) is 0 Å². The first kappa shape index (κ1) is 15.7. The summed E-state index contributed by atoms with van der Waals surface area (Å²) in [6.07, 6.45) is 4.47. The predicted octanol–water partition coefficient (Wildman–Crippen LogP) is 2.51. The minimum absolute atomic E-state index is 0.185. The number of halogens is 1. The molecule has 1 heterocycles. The van der Waals surface area contributed by atoms with Gasteiger partial charge < -0.3 is 10.4 Å². The number of nitrogens with zero attached hydrogens (tertiary/aromatic N) is 2. The second kappa shape index (κ2) is 7.33. The van der Waals surface area contributed by atoms with Gasteiger partial charge in [0.05, 0.1) is 11.9 Å². The van der Waals surface area contributed by atoms with Gasteiger partial charge in [0.25, 0.3) is 0 Å². The summed E-state index contributed by atoms with van der Waals surface area (Å²) in [7, 11) is 0. The molecular formula is C16H22FN3O. The van der Waals surface area contributed by atoms with Crippen molar-refractivity contribution in [3.05, 3.63) is 48.0 Å². The van der Waals surface area contributed by atoms with Gasteiger partial charge in [-0.2, -0.15) is 5.10 Å². The molecule has 1 unspecified atom stereocenters. The largest absolute Gasteiger partial charge is 0.396 e. The van der Waals surface area contributed by atoms with Crippen LogP contribution in [0.15, 0.2) is 36.7 Å². The molecule has 2 N–H and O–H groups in total. The molecule has 0 amide bonds. The molecule has 2 rings (SSSR count). The Kier molecular flexibility index (Phi) is 5.47. The summed E-state index contributed by atoms with van der Waals surface area (Å²) in [5.41, 5.74) is 1.89. The van der Waals surface area contributed by atoms with Crippen LogP contribution in [0.2, 0.25) is 0 Å². The minimum Gasteiger partial charge on any atom is -0.396 e. The van der Waals surface area contributed by atoms with Crippen molar-refractivity contribution in [1.82, 2.24) is 15.1 Å². The summed E-state index contributed by atoms with van der Waals surface area (Å²) in [6, 6.07) is 6.52. The quantitative estimate of drug-likeness (QED) is 0.824. The van der Waals surface area contributed by atoms with Gasteiger partial charge in [0.2, 0.25) is 0 Å². The van der Waals surface area contributed by atoms with Gasteiger partial charge in [0, 0.05) is 31.0 Å². The topological polar surface area (TPSA) is 50.1 Å². The minimum atomic E-state index is -0.253. The van der Waals surface area contributed by atoms with Gasteiger partial charge in [-0.25, -0.2) is 9.07 Å². The Morgan fingerprint density at radius 2 is 2.00 bits per heavy atom. The van der Waals surface area contributed by atoms with Gasteiger partial charge in [0.15, 0.2) is 0 Å². The van der Waals surface area contributed by atoms with Crippen molar-refractivity contribution in [2.24, 2.45) is 5.92 Å². The molecule has 1 aromatic heterocycles. The zero-order chi connectivity index (χ0) is 15.2. The first-order valence-electron chi connectivity index (χ1n) is 7.24. The SMILES string of the molecule is CC(C)C(CCO)NCc1cnn(-c2ccc(F)cc2)c1. The van der Waals surface area contributed by atoms with Crippen molar-refractivity contribution >= 4 is 0 Å². The lowest BCUT2D eigenvalue weighted by Crippen LogP contribution is -2.34. The molecule has 0 bridgehead atoms. The molecule has 0 fully saturated rings. The Balaban J connectivity index is 1.98. The molecule has 0 aliphatic carbocycles. The van der Waals surface area contributed by atoms with E-state index in [1.165, 1.54) is 12.1 Å². The maximum atomic E-state index is 12.9. The molecule has 0 saturated carbocycles. The number of aromatic nitrogens is 2. The Hall–Kier alpha value is -1.72. The summed E-state index contributed by atoms with van der Waals surface area (Å²) in [6.45, 7) is 5.15. The lowest BCUT2D eigenvalue weighted by Gasteiger charge is -2.21.